The fourth-order valence-corrected chi connectivity index (χ4v) is 1.77. The van der Waals surface area contributed by atoms with Crippen LogP contribution in [0, 0.1) is 0 Å². The minimum atomic E-state index is -4.59. The summed E-state index contributed by atoms with van der Waals surface area (Å²) >= 11 is 0. The SMILES string of the molecule is CCNCc1cccc(NS(=O)(=O)C(F)F)c1. The van der Waals surface area contributed by atoms with E-state index in [2.05, 4.69) is 5.32 Å². The Morgan fingerprint density at radius 1 is 1.35 bits per heavy atom. The summed E-state index contributed by atoms with van der Waals surface area (Å²) in [6.07, 6.45) is 0. The molecule has 1 aromatic rings. The van der Waals surface area contributed by atoms with Crippen molar-refractivity contribution in [2.75, 3.05) is 11.3 Å². The normalized spacial score (nSPS) is 11.8. The van der Waals surface area contributed by atoms with Crippen LogP contribution in [-0.2, 0) is 16.6 Å². The van der Waals surface area contributed by atoms with Gasteiger partial charge in [-0.2, -0.15) is 8.78 Å². The second-order valence-electron chi connectivity index (χ2n) is 3.39. The number of rotatable bonds is 6. The van der Waals surface area contributed by atoms with Gasteiger partial charge in [0.25, 0.3) is 10.0 Å². The number of nitrogens with one attached hydrogen (secondary N) is 2. The molecule has 0 aliphatic carbocycles. The van der Waals surface area contributed by atoms with Crippen molar-refractivity contribution in [3.8, 4) is 0 Å². The van der Waals surface area contributed by atoms with Gasteiger partial charge in [-0.05, 0) is 24.2 Å². The molecule has 4 nitrogen and oxygen atoms in total. The summed E-state index contributed by atoms with van der Waals surface area (Å²) in [5, 5.41) is 3.05. The summed E-state index contributed by atoms with van der Waals surface area (Å²) in [6, 6.07) is 6.33. The van der Waals surface area contributed by atoms with Crippen LogP contribution >= 0.6 is 0 Å². The first-order chi connectivity index (χ1) is 7.95. The van der Waals surface area contributed by atoms with Gasteiger partial charge in [0.1, 0.15) is 0 Å². The fourth-order valence-electron chi connectivity index (χ4n) is 1.22. The first kappa shape index (κ1) is 13.9. The number of hydrogen-bond acceptors (Lipinski definition) is 3. The Balaban J connectivity index is 2.79. The summed E-state index contributed by atoms with van der Waals surface area (Å²) in [4.78, 5) is 0. The van der Waals surface area contributed by atoms with Crippen LogP contribution in [0.25, 0.3) is 0 Å². The van der Waals surface area contributed by atoms with Crippen LogP contribution in [0.2, 0.25) is 0 Å². The molecule has 0 heterocycles. The van der Waals surface area contributed by atoms with E-state index in [1.165, 1.54) is 12.1 Å². The molecular weight excluding hydrogens is 250 g/mol. The van der Waals surface area contributed by atoms with Crippen molar-refractivity contribution in [2.24, 2.45) is 0 Å². The van der Waals surface area contributed by atoms with Gasteiger partial charge in [0.15, 0.2) is 0 Å². The Morgan fingerprint density at radius 3 is 2.65 bits per heavy atom. The molecule has 0 aliphatic rings. The quantitative estimate of drug-likeness (QED) is 0.823. The van der Waals surface area contributed by atoms with E-state index in [9.17, 15) is 17.2 Å². The Bertz CT molecular complexity index is 463. The van der Waals surface area contributed by atoms with Gasteiger partial charge in [0, 0.05) is 12.2 Å². The van der Waals surface area contributed by atoms with E-state index in [1.807, 2.05) is 11.6 Å². The molecule has 0 aromatic heterocycles. The lowest BCUT2D eigenvalue weighted by Crippen LogP contribution is -2.20. The molecule has 0 spiro atoms. The van der Waals surface area contributed by atoms with Gasteiger partial charge in [-0.15, -0.1) is 0 Å². The number of anilines is 1. The molecule has 0 radical (unpaired) electrons. The molecule has 0 saturated carbocycles. The van der Waals surface area contributed by atoms with Gasteiger partial charge in [-0.25, -0.2) is 8.42 Å². The third-order valence-corrected chi connectivity index (χ3v) is 2.99. The van der Waals surface area contributed by atoms with Crippen molar-refractivity contribution >= 4 is 15.7 Å². The molecule has 2 N–H and O–H groups in total. The van der Waals surface area contributed by atoms with Gasteiger partial charge in [0.05, 0.1) is 0 Å². The molecular formula is C10H14F2N2O2S. The summed E-state index contributed by atoms with van der Waals surface area (Å²) in [7, 11) is -4.59. The molecule has 0 saturated heterocycles. The highest BCUT2D eigenvalue weighted by Crippen LogP contribution is 2.15. The van der Waals surface area contributed by atoms with E-state index in [1.54, 1.807) is 12.1 Å². The molecule has 7 heteroatoms. The minimum Gasteiger partial charge on any atom is -0.313 e. The number of halogens is 2. The van der Waals surface area contributed by atoms with Gasteiger partial charge in [0.2, 0.25) is 0 Å². The zero-order valence-corrected chi connectivity index (χ0v) is 10.1. The number of hydrogen-bond donors (Lipinski definition) is 2. The largest absolute Gasteiger partial charge is 0.355 e. The Kier molecular flexibility index (Phi) is 4.83. The van der Waals surface area contributed by atoms with Crippen LogP contribution in [-0.4, -0.2) is 20.7 Å². The van der Waals surface area contributed by atoms with E-state index >= 15 is 0 Å². The van der Waals surface area contributed by atoms with Crippen LogP contribution < -0.4 is 10.0 Å². The maximum absolute atomic E-state index is 12.1. The molecule has 17 heavy (non-hydrogen) atoms. The van der Waals surface area contributed by atoms with E-state index < -0.39 is 15.8 Å². The molecule has 0 unspecified atom stereocenters. The lowest BCUT2D eigenvalue weighted by atomic mass is 10.2. The molecule has 0 bridgehead atoms. The summed E-state index contributed by atoms with van der Waals surface area (Å²) in [6.45, 7) is 3.26. The van der Waals surface area contributed by atoms with Gasteiger partial charge in [-0.3, -0.25) is 4.72 Å². The molecule has 96 valence electrons. The predicted octanol–water partition coefficient (Wildman–Crippen LogP) is 1.76. The third kappa shape index (κ3) is 4.27. The highest BCUT2D eigenvalue weighted by atomic mass is 32.2. The fraction of sp³-hybridized carbons (Fsp3) is 0.400. The summed E-state index contributed by atoms with van der Waals surface area (Å²) < 4.78 is 48.0. The molecule has 0 amide bonds. The van der Waals surface area contributed by atoms with Gasteiger partial charge < -0.3 is 5.32 Å². The topological polar surface area (TPSA) is 58.2 Å². The molecule has 0 atom stereocenters. The van der Waals surface area contributed by atoms with Crippen molar-refractivity contribution in [2.45, 2.75) is 19.2 Å². The minimum absolute atomic E-state index is 0.140. The highest BCUT2D eigenvalue weighted by molar-refractivity contribution is 7.93. The van der Waals surface area contributed by atoms with Crippen molar-refractivity contribution in [3.63, 3.8) is 0 Å². The average molecular weight is 264 g/mol. The first-order valence-electron chi connectivity index (χ1n) is 5.05. The van der Waals surface area contributed by atoms with E-state index in [4.69, 9.17) is 0 Å². The maximum Gasteiger partial charge on any atom is 0.355 e. The Hall–Kier alpha value is -1.21. The van der Waals surface area contributed by atoms with E-state index in [0.717, 1.165) is 12.1 Å². The predicted molar refractivity (Wildman–Crippen MR) is 62.4 cm³/mol. The van der Waals surface area contributed by atoms with Crippen LogP contribution in [0.15, 0.2) is 24.3 Å². The Morgan fingerprint density at radius 2 is 2.06 bits per heavy atom. The Labute approximate surface area is 99.1 Å². The average Bonchev–Trinajstić information content (AvgIpc) is 2.26. The van der Waals surface area contributed by atoms with Crippen molar-refractivity contribution in [1.29, 1.82) is 0 Å². The first-order valence-corrected chi connectivity index (χ1v) is 6.60. The van der Waals surface area contributed by atoms with Gasteiger partial charge >= 0.3 is 5.76 Å². The summed E-state index contributed by atoms with van der Waals surface area (Å²) in [5.41, 5.74) is 0.960. The maximum atomic E-state index is 12.1. The van der Waals surface area contributed by atoms with Crippen molar-refractivity contribution in [1.82, 2.24) is 5.32 Å². The lowest BCUT2D eigenvalue weighted by molar-refractivity contribution is 0.236. The third-order valence-electron chi connectivity index (χ3n) is 2.00. The molecule has 0 fully saturated rings. The van der Waals surface area contributed by atoms with Gasteiger partial charge in [-0.1, -0.05) is 19.1 Å². The van der Waals surface area contributed by atoms with Crippen LogP contribution in [0.3, 0.4) is 0 Å². The van der Waals surface area contributed by atoms with E-state index in [0.29, 0.717) is 6.54 Å². The second-order valence-corrected chi connectivity index (χ2v) is 5.04. The molecule has 1 aromatic carbocycles. The lowest BCUT2D eigenvalue weighted by Gasteiger charge is -2.08. The van der Waals surface area contributed by atoms with Crippen LogP contribution in [0.1, 0.15) is 12.5 Å². The van der Waals surface area contributed by atoms with Crippen molar-refractivity contribution < 1.29 is 17.2 Å². The standard InChI is InChI=1S/C10H14F2N2O2S/c1-2-13-7-8-4-3-5-9(6-8)14-17(15,16)10(11)12/h3-6,10,13-14H,2,7H2,1H3. The molecule has 1 rings (SSSR count). The van der Waals surface area contributed by atoms with Crippen LogP contribution in [0.5, 0.6) is 0 Å². The van der Waals surface area contributed by atoms with E-state index in [-0.39, 0.29) is 5.69 Å². The molecule has 0 aliphatic heterocycles. The number of benzene rings is 1. The van der Waals surface area contributed by atoms with Crippen LogP contribution in [0.4, 0.5) is 14.5 Å². The number of sulfonamides is 1. The highest BCUT2D eigenvalue weighted by Gasteiger charge is 2.23. The smallest absolute Gasteiger partial charge is 0.313 e. The second kappa shape index (κ2) is 5.92. The zero-order valence-electron chi connectivity index (χ0n) is 9.28. The monoisotopic (exact) mass is 264 g/mol. The van der Waals surface area contributed by atoms with Crippen molar-refractivity contribution in [3.05, 3.63) is 29.8 Å². The summed E-state index contributed by atoms with van der Waals surface area (Å²) in [5.74, 6) is -3.43. The number of alkyl halides is 2. The zero-order chi connectivity index (χ0) is 12.9.